The molecule has 1 aromatic carbocycles. The van der Waals surface area contributed by atoms with Crippen LogP contribution >= 0.6 is 11.6 Å². The average Bonchev–Trinajstić information content (AvgIpc) is 2.12. The maximum absolute atomic E-state index is 12.9. The second-order valence-electron chi connectivity index (χ2n) is 2.59. The van der Waals surface area contributed by atoms with Gasteiger partial charge in [-0.2, -0.15) is 0 Å². The lowest BCUT2D eigenvalue weighted by Gasteiger charge is -1.98. The Morgan fingerprint density at radius 1 is 1.36 bits per heavy atom. The second-order valence-corrected chi connectivity index (χ2v) is 2.96. The number of fused-ring (bicyclic) bond motifs is 1. The molecule has 0 aliphatic rings. The summed E-state index contributed by atoms with van der Waals surface area (Å²) in [4.78, 5) is 24.0. The molecular formula is C8H3ClFNO3. The van der Waals surface area contributed by atoms with E-state index in [0.29, 0.717) is 0 Å². The molecule has 0 atom stereocenters. The highest BCUT2D eigenvalue weighted by Crippen LogP contribution is 2.21. The van der Waals surface area contributed by atoms with Gasteiger partial charge in [-0.25, -0.2) is 14.0 Å². The molecule has 0 saturated heterocycles. The van der Waals surface area contributed by atoms with Gasteiger partial charge < -0.3 is 4.42 Å². The van der Waals surface area contributed by atoms with Crippen LogP contribution in [0.3, 0.4) is 0 Å². The van der Waals surface area contributed by atoms with Crippen LogP contribution in [-0.2, 0) is 0 Å². The average molecular weight is 216 g/mol. The van der Waals surface area contributed by atoms with Crippen molar-refractivity contribution < 1.29 is 8.81 Å². The van der Waals surface area contributed by atoms with Crippen LogP contribution in [0, 0.1) is 5.82 Å². The third kappa shape index (κ3) is 1.22. The largest absolute Gasteiger partial charge is 0.419 e. The number of hydrogen-bond donors (Lipinski definition) is 1. The van der Waals surface area contributed by atoms with Crippen LogP contribution in [-0.4, -0.2) is 4.98 Å². The van der Waals surface area contributed by atoms with Crippen molar-refractivity contribution in [2.45, 2.75) is 0 Å². The summed E-state index contributed by atoms with van der Waals surface area (Å²) in [7, 11) is 0. The minimum Gasteiger partial charge on any atom is -0.372 e. The van der Waals surface area contributed by atoms with E-state index in [1.165, 1.54) is 6.07 Å². The number of aromatic nitrogens is 1. The lowest BCUT2D eigenvalue weighted by atomic mass is 10.2. The number of nitrogens with one attached hydrogen (secondary N) is 1. The predicted molar refractivity (Wildman–Crippen MR) is 48.1 cm³/mol. The summed E-state index contributed by atoms with van der Waals surface area (Å²) in [6, 6.07) is 2.22. The molecule has 2 aromatic rings. The van der Waals surface area contributed by atoms with Crippen molar-refractivity contribution in [2.24, 2.45) is 0 Å². The first-order chi connectivity index (χ1) is 6.59. The Morgan fingerprint density at radius 2 is 2.07 bits per heavy atom. The molecule has 6 heteroatoms. The van der Waals surface area contributed by atoms with Gasteiger partial charge in [0.15, 0.2) is 0 Å². The molecule has 4 nitrogen and oxygen atoms in total. The molecule has 0 unspecified atom stereocenters. The molecule has 0 saturated carbocycles. The third-order valence-corrected chi connectivity index (χ3v) is 2.10. The SMILES string of the molecule is O=c1[nH]c2c(Cl)c(F)ccc2c(=O)o1. The standard InChI is InChI=1S/C8H3ClFNO3/c9-5-4(10)2-1-3-6(5)11-8(13)14-7(3)12/h1-2H,(H,11,13). The van der Waals surface area contributed by atoms with Gasteiger partial charge in [0.2, 0.25) is 0 Å². The van der Waals surface area contributed by atoms with Crippen molar-refractivity contribution in [1.82, 2.24) is 4.98 Å². The summed E-state index contributed by atoms with van der Waals surface area (Å²) in [6.07, 6.45) is 0. The van der Waals surface area contributed by atoms with E-state index in [2.05, 4.69) is 9.40 Å². The number of halogens is 2. The normalized spacial score (nSPS) is 10.7. The molecule has 14 heavy (non-hydrogen) atoms. The fraction of sp³-hybridized carbons (Fsp3) is 0. The Hall–Kier alpha value is -1.62. The molecule has 1 heterocycles. The summed E-state index contributed by atoms with van der Waals surface area (Å²) < 4.78 is 17.2. The Balaban J connectivity index is 3.10. The maximum atomic E-state index is 12.9. The number of benzene rings is 1. The fourth-order valence-electron chi connectivity index (χ4n) is 1.11. The molecule has 0 aliphatic carbocycles. The predicted octanol–water partition coefficient (Wildman–Crippen LogP) is 1.27. The maximum Gasteiger partial charge on any atom is 0.419 e. The van der Waals surface area contributed by atoms with Crippen molar-refractivity contribution in [3.05, 3.63) is 43.9 Å². The molecular weight excluding hydrogens is 213 g/mol. The highest BCUT2D eigenvalue weighted by atomic mass is 35.5. The molecule has 2 rings (SSSR count). The van der Waals surface area contributed by atoms with Crippen LogP contribution in [0.15, 0.2) is 26.1 Å². The Bertz CT molecular complexity index is 616. The van der Waals surface area contributed by atoms with E-state index in [9.17, 15) is 14.0 Å². The molecule has 1 aromatic heterocycles. The van der Waals surface area contributed by atoms with Crippen molar-refractivity contribution in [3.63, 3.8) is 0 Å². The summed E-state index contributed by atoms with van der Waals surface area (Å²) in [6.45, 7) is 0. The van der Waals surface area contributed by atoms with Crippen LogP contribution in [0.2, 0.25) is 5.02 Å². The van der Waals surface area contributed by atoms with Crippen LogP contribution in [0.1, 0.15) is 0 Å². The molecule has 72 valence electrons. The molecule has 0 radical (unpaired) electrons. The van der Waals surface area contributed by atoms with Crippen LogP contribution < -0.4 is 11.4 Å². The second kappa shape index (κ2) is 2.95. The lowest BCUT2D eigenvalue weighted by Crippen LogP contribution is -2.14. The quantitative estimate of drug-likeness (QED) is 0.720. The molecule has 0 aliphatic heterocycles. The first-order valence-electron chi connectivity index (χ1n) is 3.61. The Morgan fingerprint density at radius 3 is 2.79 bits per heavy atom. The number of rotatable bonds is 0. The van der Waals surface area contributed by atoms with Gasteiger partial charge in [0.1, 0.15) is 10.8 Å². The summed E-state index contributed by atoms with van der Waals surface area (Å²) >= 11 is 5.54. The molecule has 0 fully saturated rings. The van der Waals surface area contributed by atoms with Crippen LogP contribution in [0.5, 0.6) is 0 Å². The van der Waals surface area contributed by atoms with Gasteiger partial charge in [-0.3, -0.25) is 4.98 Å². The molecule has 1 N–H and O–H groups in total. The van der Waals surface area contributed by atoms with Gasteiger partial charge in [0, 0.05) is 0 Å². The van der Waals surface area contributed by atoms with Gasteiger partial charge in [-0.15, -0.1) is 0 Å². The lowest BCUT2D eigenvalue weighted by molar-refractivity contribution is 0.460. The van der Waals surface area contributed by atoms with E-state index in [1.54, 1.807) is 0 Å². The fourth-order valence-corrected chi connectivity index (χ4v) is 1.32. The highest BCUT2D eigenvalue weighted by molar-refractivity contribution is 6.35. The first-order valence-corrected chi connectivity index (χ1v) is 3.98. The van der Waals surface area contributed by atoms with Gasteiger partial charge in [-0.05, 0) is 12.1 Å². The summed E-state index contributed by atoms with van der Waals surface area (Å²) in [5.74, 6) is -1.67. The van der Waals surface area contributed by atoms with E-state index < -0.39 is 17.2 Å². The Kier molecular flexibility index (Phi) is 1.89. The highest BCUT2D eigenvalue weighted by Gasteiger charge is 2.09. The van der Waals surface area contributed by atoms with Crippen molar-refractivity contribution in [1.29, 1.82) is 0 Å². The molecule has 0 spiro atoms. The zero-order valence-electron chi connectivity index (χ0n) is 6.64. The Labute approximate surface area is 80.9 Å². The number of H-pyrrole nitrogens is 1. The van der Waals surface area contributed by atoms with E-state index in [1.807, 2.05) is 0 Å². The summed E-state index contributed by atoms with van der Waals surface area (Å²) in [5.41, 5.74) is -0.890. The topological polar surface area (TPSA) is 63.1 Å². The smallest absolute Gasteiger partial charge is 0.372 e. The molecule has 0 bridgehead atoms. The minimum atomic E-state index is -0.963. The third-order valence-electron chi connectivity index (χ3n) is 1.73. The summed E-state index contributed by atoms with van der Waals surface area (Å²) in [5, 5.41) is -0.261. The number of hydrogen-bond acceptors (Lipinski definition) is 3. The van der Waals surface area contributed by atoms with Gasteiger partial charge in [0.05, 0.1) is 10.9 Å². The van der Waals surface area contributed by atoms with Crippen molar-refractivity contribution in [3.8, 4) is 0 Å². The first kappa shape index (κ1) is 8.96. The van der Waals surface area contributed by atoms with Gasteiger partial charge >= 0.3 is 11.4 Å². The van der Waals surface area contributed by atoms with E-state index >= 15 is 0 Å². The zero-order chi connectivity index (χ0) is 10.3. The van der Waals surface area contributed by atoms with E-state index in [-0.39, 0.29) is 15.9 Å². The monoisotopic (exact) mass is 215 g/mol. The minimum absolute atomic E-state index is 0.0380. The van der Waals surface area contributed by atoms with Gasteiger partial charge in [0.25, 0.3) is 0 Å². The van der Waals surface area contributed by atoms with Gasteiger partial charge in [-0.1, -0.05) is 11.6 Å². The molecule has 0 amide bonds. The van der Waals surface area contributed by atoms with E-state index in [0.717, 1.165) is 6.07 Å². The van der Waals surface area contributed by atoms with Crippen LogP contribution in [0.4, 0.5) is 4.39 Å². The van der Waals surface area contributed by atoms with Crippen LogP contribution in [0.25, 0.3) is 10.9 Å². The number of aromatic amines is 1. The van der Waals surface area contributed by atoms with Crippen molar-refractivity contribution in [2.75, 3.05) is 0 Å². The van der Waals surface area contributed by atoms with E-state index in [4.69, 9.17) is 11.6 Å². The van der Waals surface area contributed by atoms with Crippen molar-refractivity contribution >= 4 is 22.5 Å². The zero-order valence-corrected chi connectivity index (χ0v) is 7.39.